The first-order valence-electron chi connectivity index (χ1n) is 27.9. The highest BCUT2D eigenvalue weighted by atomic mass is 127. The standard InChI is InChI=1S/C30H41NO6S.C26H33NO4S.C4H8O2.CH3I.CH4.HI/c1-20-5-7-21(8-6-20)27(32)31(25-17-24(11-13-29(2,3)4)38-26(25)28(33)34)22-9-14-30(35,15-10-22)19-37-23-12-16-36-18-23;1-17-5-7-18(8-6-17)23(28)27(19-9-13-26(14-10-19)16-31-26)21-15-20(11-12-25(2,3)4)32-22(21)24(29)30;5-4-1-2-6-3-4;1-2;;/h5,17,21-23,35H,6-10,12,14-16,18-19H2,1-4H3,(H,33,34);5,15,18-19H,6-10,13-14,16H2,1-4H3,(H,29,30);4-5H,1-3H2;1H3;1H4;1H/t21-,22?,23-,30?;18-,19?,26?;4-;;;/m000.../s1. The number of rotatable bonds is 11. The van der Waals surface area contributed by atoms with E-state index >= 15 is 0 Å². The van der Waals surface area contributed by atoms with Crippen LogP contribution in [0.1, 0.15) is 195 Å². The van der Waals surface area contributed by atoms with Gasteiger partial charge < -0.3 is 49.2 Å². The molecule has 7 aliphatic rings. The second-order valence-electron chi connectivity index (χ2n) is 24.2. The van der Waals surface area contributed by atoms with Crippen molar-refractivity contribution in [2.75, 3.05) is 54.4 Å². The SMILES string of the molecule is C.CC1=CC[C@H](C(=O)N(c2cc(C#CC(C)(C)C)sc2C(=O)O)C2CCC(O)(CO[C@H]3CCOC3)CC2)CC1.CC1=CC[C@H](C(=O)N(c2cc(C#CC(C)(C)C)sc2C(=O)O)C2CCC3(CC2)CO3)CC1.CI.I.O[C@H]1CCOC1. The lowest BCUT2D eigenvalue weighted by molar-refractivity contribution is -0.124. The molecule has 3 saturated heterocycles. The zero-order valence-electron chi connectivity index (χ0n) is 47.9. The summed E-state index contributed by atoms with van der Waals surface area (Å²) in [4.78, 5) is 59.6. The number of anilines is 2. The maximum absolute atomic E-state index is 14.0. The Labute approximate surface area is 515 Å². The number of aliphatic hydroxyl groups excluding tert-OH is 1. The van der Waals surface area contributed by atoms with Crippen LogP contribution in [0.3, 0.4) is 0 Å². The third kappa shape index (κ3) is 20.4. The van der Waals surface area contributed by atoms with Crippen molar-refractivity contribution >= 4 is 104 Å². The van der Waals surface area contributed by atoms with E-state index in [-0.39, 0.29) is 112 Å². The third-order valence-electron chi connectivity index (χ3n) is 15.3. The van der Waals surface area contributed by atoms with Gasteiger partial charge >= 0.3 is 11.9 Å². The number of epoxide rings is 1. The van der Waals surface area contributed by atoms with Gasteiger partial charge in [-0.1, -0.05) is 77.0 Å². The number of nitrogens with zero attached hydrogens (tertiary/aromatic N) is 2. The number of hydrogen-bond acceptors (Lipinski definition) is 12. The number of aromatic carboxylic acids is 2. The molecule has 0 aromatic carbocycles. The minimum Gasteiger partial charge on any atom is -0.477 e. The Bertz CT molecular complexity index is 2570. The summed E-state index contributed by atoms with van der Waals surface area (Å²) >= 11 is 4.45. The predicted molar refractivity (Wildman–Crippen MR) is 339 cm³/mol. The maximum Gasteiger partial charge on any atom is 0.348 e. The summed E-state index contributed by atoms with van der Waals surface area (Å²) in [6, 6.07) is 3.41. The fourth-order valence-corrected chi connectivity index (χ4v) is 12.3. The fourth-order valence-electron chi connectivity index (χ4n) is 10.6. The van der Waals surface area contributed by atoms with Gasteiger partial charge in [-0.3, -0.25) is 9.59 Å². The molecule has 3 aliphatic heterocycles. The largest absolute Gasteiger partial charge is 0.477 e. The lowest BCUT2D eigenvalue weighted by atomic mass is 9.81. The number of allylic oxidation sites excluding steroid dienone is 4. The van der Waals surface area contributed by atoms with Crippen LogP contribution >= 0.6 is 69.2 Å². The van der Waals surface area contributed by atoms with E-state index in [1.807, 2.05) is 57.4 Å². The van der Waals surface area contributed by atoms with Gasteiger partial charge in [-0.15, -0.1) is 46.7 Å². The molecule has 5 heterocycles. The number of carbonyl (C=O) groups is 4. The van der Waals surface area contributed by atoms with Gasteiger partial charge in [-0.2, -0.15) is 0 Å². The van der Waals surface area contributed by atoms with Gasteiger partial charge in [0.2, 0.25) is 11.8 Å². The number of aliphatic hydroxyl groups is 2. The Balaban J connectivity index is 0.000000299. The molecule has 1 spiro atoms. The summed E-state index contributed by atoms with van der Waals surface area (Å²) in [6.07, 6.45) is 16.2. The van der Waals surface area contributed by atoms with Crippen LogP contribution in [0, 0.1) is 46.3 Å². The van der Waals surface area contributed by atoms with Crippen molar-refractivity contribution in [3.05, 3.63) is 54.9 Å². The second kappa shape index (κ2) is 31.3. The number of carboxylic acid groups (broad SMARTS) is 2. The number of carbonyl (C=O) groups excluding carboxylic acids is 2. The van der Waals surface area contributed by atoms with E-state index in [9.17, 15) is 34.5 Å². The van der Waals surface area contributed by atoms with E-state index in [4.69, 9.17) is 24.1 Å². The molecule has 4 N–H and O–H groups in total. The minimum absolute atomic E-state index is 0. The predicted octanol–water partition coefficient (Wildman–Crippen LogP) is 13.1. The lowest BCUT2D eigenvalue weighted by Gasteiger charge is -2.42. The molecular weight excluding hydrogens is 1280 g/mol. The summed E-state index contributed by atoms with van der Waals surface area (Å²) in [6.45, 7) is 19.9. The van der Waals surface area contributed by atoms with Crippen LogP contribution in [-0.2, 0) is 28.5 Å². The number of thiophene rings is 2. The zero-order valence-corrected chi connectivity index (χ0v) is 54.0. The van der Waals surface area contributed by atoms with Gasteiger partial charge in [0.15, 0.2) is 0 Å². The van der Waals surface area contributed by atoms with E-state index < -0.39 is 17.5 Å². The van der Waals surface area contributed by atoms with E-state index in [0.717, 1.165) is 95.2 Å². The zero-order chi connectivity index (χ0) is 57.0. The van der Waals surface area contributed by atoms with Crippen LogP contribution < -0.4 is 9.80 Å². The Hall–Kier alpha value is -2.90. The minimum atomic E-state index is -1.05. The van der Waals surface area contributed by atoms with Crippen LogP contribution in [0.15, 0.2) is 35.4 Å². The van der Waals surface area contributed by atoms with Crippen molar-refractivity contribution < 1.29 is 58.6 Å². The lowest BCUT2D eigenvalue weighted by Crippen LogP contribution is -2.50. The van der Waals surface area contributed by atoms with E-state index in [1.54, 1.807) is 11.0 Å². The first-order valence-corrected chi connectivity index (χ1v) is 31.7. The third-order valence-corrected chi connectivity index (χ3v) is 17.4. The highest BCUT2D eigenvalue weighted by molar-refractivity contribution is 14.1. The average Bonchev–Trinajstić information content (AvgIpc) is 4.00. The summed E-state index contributed by atoms with van der Waals surface area (Å²) < 4.78 is 21.8. The van der Waals surface area contributed by atoms with Gasteiger partial charge in [0, 0.05) is 48.0 Å². The second-order valence-corrected chi connectivity index (χ2v) is 26.3. The van der Waals surface area contributed by atoms with Crippen molar-refractivity contribution in [2.24, 2.45) is 22.7 Å². The van der Waals surface area contributed by atoms with Crippen LogP contribution in [0.25, 0.3) is 0 Å². The number of carboxylic acids is 2. The van der Waals surface area contributed by atoms with Crippen molar-refractivity contribution in [3.8, 4) is 23.7 Å². The molecule has 4 atom stereocenters. The Morgan fingerprint density at radius 1 is 0.700 bits per heavy atom. The number of alkyl halides is 1. The molecule has 9 rings (SSSR count). The molecule has 4 aliphatic carbocycles. The molecule has 446 valence electrons. The first kappa shape index (κ1) is 69.6. The van der Waals surface area contributed by atoms with Crippen LogP contribution in [0.5, 0.6) is 0 Å². The molecule has 5 fully saturated rings. The molecule has 0 bridgehead atoms. The van der Waals surface area contributed by atoms with Gasteiger partial charge in [-0.05, 0) is 175 Å². The summed E-state index contributed by atoms with van der Waals surface area (Å²) in [5.74, 6) is 10.3. The smallest absolute Gasteiger partial charge is 0.348 e. The van der Waals surface area contributed by atoms with E-state index in [2.05, 4.69) is 72.3 Å². The molecule has 2 amide bonds. The summed E-state index contributed by atoms with van der Waals surface area (Å²) in [5, 5.41) is 39.9. The topological polar surface area (TPSA) is 196 Å². The highest BCUT2D eigenvalue weighted by Gasteiger charge is 2.49. The number of amides is 2. The van der Waals surface area contributed by atoms with Crippen molar-refractivity contribution in [1.82, 2.24) is 0 Å². The molecule has 2 aromatic rings. The van der Waals surface area contributed by atoms with Gasteiger partial charge in [0.05, 0.1) is 71.0 Å². The maximum atomic E-state index is 14.0. The van der Waals surface area contributed by atoms with Gasteiger partial charge in [0.25, 0.3) is 0 Å². The summed E-state index contributed by atoms with van der Waals surface area (Å²) in [5.41, 5.74) is 2.23. The van der Waals surface area contributed by atoms with Gasteiger partial charge in [0.1, 0.15) is 9.75 Å². The molecule has 18 heteroatoms. The average molecular weight is 1370 g/mol. The molecule has 2 saturated carbocycles. The number of ether oxygens (including phenoxy) is 4. The van der Waals surface area contributed by atoms with Crippen LogP contribution in [-0.4, -0.2) is 124 Å². The Morgan fingerprint density at radius 2 is 1.12 bits per heavy atom. The molecular formula is C62H90I2N2O12S2. The molecule has 0 unspecified atom stereocenters. The fraction of sp³-hybridized carbons (Fsp3) is 0.677. The Morgan fingerprint density at radius 3 is 1.45 bits per heavy atom. The van der Waals surface area contributed by atoms with Crippen molar-refractivity contribution in [2.45, 2.75) is 201 Å². The van der Waals surface area contributed by atoms with E-state index in [1.165, 1.54) is 22.5 Å². The molecule has 0 radical (unpaired) electrons. The van der Waals surface area contributed by atoms with Crippen molar-refractivity contribution in [3.63, 3.8) is 0 Å². The first-order chi connectivity index (χ1) is 36.9. The molecule has 14 nitrogen and oxygen atoms in total. The van der Waals surface area contributed by atoms with E-state index in [0.29, 0.717) is 73.1 Å². The highest BCUT2D eigenvalue weighted by Crippen LogP contribution is 2.46. The van der Waals surface area contributed by atoms with Gasteiger partial charge in [-0.25, -0.2) is 9.59 Å². The van der Waals surface area contributed by atoms with Crippen molar-refractivity contribution in [1.29, 1.82) is 0 Å². The van der Waals surface area contributed by atoms with Crippen LogP contribution in [0.2, 0.25) is 0 Å². The Kier molecular flexibility index (Phi) is 27.2. The van der Waals surface area contributed by atoms with Crippen LogP contribution in [0.4, 0.5) is 11.4 Å². The normalized spacial score (nSPS) is 26.8. The molecule has 80 heavy (non-hydrogen) atoms. The monoisotopic (exact) mass is 1370 g/mol. The summed E-state index contributed by atoms with van der Waals surface area (Å²) in [7, 11) is 0. The quantitative estimate of drug-likeness (QED) is 0.0547. The molecule has 2 aromatic heterocycles. The number of hydrogen-bond donors (Lipinski definition) is 4. The number of halogens is 2.